The normalized spacial score (nSPS) is 19.6. The molecular formula is C16H18F3N3O2. The number of aromatic nitrogens is 2. The van der Waals surface area contributed by atoms with Crippen molar-refractivity contribution in [1.82, 2.24) is 15.0 Å². The summed E-state index contributed by atoms with van der Waals surface area (Å²) in [6.45, 7) is 2.31. The highest BCUT2D eigenvalue weighted by Gasteiger charge is 2.30. The quantitative estimate of drug-likeness (QED) is 0.926. The summed E-state index contributed by atoms with van der Waals surface area (Å²) in [6, 6.07) is 4.67. The molecule has 8 heteroatoms. The van der Waals surface area contributed by atoms with Gasteiger partial charge in [-0.1, -0.05) is 17.3 Å². The Kier molecular flexibility index (Phi) is 4.86. The number of alkyl halides is 3. The van der Waals surface area contributed by atoms with Crippen LogP contribution in [0.4, 0.5) is 13.2 Å². The number of likely N-dealkylation sites (tertiary alicyclic amines) is 1. The molecule has 0 bridgehead atoms. The fourth-order valence-electron chi connectivity index (χ4n) is 2.88. The molecule has 0 radical (unpaired) electrons. The molecule has 5 nitrogen and oxygen atoms in total. The summed E-state index contributed by atoms with van der Waals surface area (Å²) in [4.78, 5) is 6.39. The second kappa shape index (κ2) is 6.90. The molecule has 130 valence electrons. The van der Waals surface area contributed by atoms with Crippen molar-refractivity contribution < 1.29 is 22.8 Å². The zero-order chi connectivity index (χ0) is 17.2. The number of aliphatic hydroxyl groups excluding tert-OH is 1. The van der Waals surface area contributed by atoms with E-state index < -0.39 is 11.7 Å². The average Bonchev–Trinajstić information content (AvgIpc) is 3.03. The van der Waals surface area contributed by atoms with Gasteiger partial charge in [0.1, 0.15) is 0 Å². The van der Waals surface area contributed by atoms with E-state index in [1.165, 1.54) is 12.1 Å². The number of rotatable bonds is 4. The van der Waals surface area contributed by atoms with Gasteiger partial charge in [-0.2, -0.15) is 18.2 Å². The van der Waals surface area contributed by atoms with Crippen molar-refractivity contribution in [2.75, 3.05) is 19.7 Å². The Morgan fingerprint density at radius 1 is 1.25 bits per heavy atom. The number of nitrogens with zero attached hydrogens (tertiary/aromatic N) is 3. The highest BCUT2D eigenvalue weighted by atomic mass is 19.4. The summed E-state index contributed by atoms with van der Waals surface area (Å²) >= 11 is 0. The molecule has 1 unspecified atom stereocenters. The lowest BCUT2D eigenvalue weighted by Crippen LogP contribution is -2.36. The minimum Gasteiger partial charge on any atom is -0.396 e. The third kappa shape index (κ3) is 3.93. The van der Waals surface area contributed by atoms with Gasteiger partial charge in [0.25, 0.3) is 0 Å². The Morgan fingerprint density at radius 2 is 2.00 bits per heavy atom. The maximum atomic E-state index is 12.6. The van der Waals surface area contributed by atoms with Gasteiger partial charge in [-0.15, -0.1) is 0 Å². The summed E-state index contributed by atoms with van der Waals surface area (Å²) in [5, 5.41) is 13.1. The van der Waals surface area contributed by atoms with E-state index in [0.29, 0.717) is 18.0 Å². The first kappa shape index (κ1) is 16.9. The molecule has 1 atom stereocenters. The Bertz CT molecular complexity index is 670. The van der Waals surface area contributed by atoms with Crippen LogP contribution in [0, 0.1) is 5.92 Å². The predicted molar refractivity (Wildman–Crippen MR) is 79.8 cm³/mol. The molecule has 0 saturated carbocycles. The van der Waals surface area contributed by atoms with Crippen LogP contribution in [0.25, 0.3) is 11.4 Å². The second-order valence-corrected chi connectivity index (χ2v) is 6.01. The van der Waals surface area contributed by atoms with Crippen LogP contribution in [0.2, 0.25) is 0 Å². The zero-order valence-corrected chi connectivity index (χ0v) is 13.0. The van der Waals surface area contributed by atoms with Crippen molar-refractivity contribution in [2.24, 2.45) is 5.92 Å². The van der Waals surface area contributed by atoms with Crippen molar-refractivity contribution in [2.45, 2.75) is 25.6 Å². The lowest BCUT2D eigenvalue weighted by molar-refractivity contribution is -0.137. The van der Waals surface area contributed by atoms with E-state index in [1.54, 1.807) is 0 Å². The summed E-state index contributed by atoms with van der Waals surface area (Å²) in [7, 11) is 0. The van der Waals surface area contributed by atoms with Crippen molar-refractivity contribution >= 4 is 0 Å². The van der Waals surface area contributed by atoms with Gasteiger partial charge in [-0.25, -0.2) is 0 Å². The first-order valence-electron chi connectivity index (χ1n) is 7.79. The Hall–Kier alpha value is -1.93. The number of aliphatic hydroxyl groups is 1. The largest absolute Gasteiger partial charge is 0.416 e. The lowest BCUT2D eigenvalue weighted by atomic mass is 9.99. The SMILES string of the molecule is OCC1CCCN(Cc2nc(-c3ccc(C(F)(F)F)cc3)no2)C1. The molecule has 1 aliphatic rings. The standard InChI is InChI=1S/C16H18F3N3O2/c17-16(18,19)13-5-3-12(4-6-13)15-20-14(24-21-15)9-22-7-1-2-11(8-22)10-23/h3-6,11,23H,1-2,7-10H2. The van der Waals surface area contributed by atoms with Crippen molar-refractivity contribution in [3.05, 3.63) is 35.7 Å². The molecule has 2 heterocycles. The van der Waals surface area contributed by atoms with E-state index in [1.807, 2.05) is 0 Å². The van der Waals surface area contributed by atoms with Crippen molar-refractivity contribution in [3.63, 3.8) is 0 Å². The van der Waals surface area contributed by atoms with Gasteiger partial charge in [0.2, 0.25) is 11.7 Å². The minimum atomic E-state index is -4.36. The summed E-state index contributed by atoms with van der Waals surface area (Å²) < 4.78 is 42.9. The molecule has 24 heavy (non-hydrogen) atoms. The molecule has 2 aromatic rings. The summed E-state index contributed by atoms with van der Waals surface area (Å²) in [5.74, 6) is 0.953. The van der Waals surface area contributed by atoms with Gasteiger partial charge in [0.05, 0.1) is 12.1 Å². The molecular weight excluding hydrogens is 323 g/mol. The maximum absolute atomic E-state index is 12.6. The Balaban J connectivity index is 1.67. The molecule has 1 fully saturated rings. The summed E-state index contributed by atoms with van der Waals surface area (Å²) in [5.41, 5.74) is -0.233. The third-order valence-electron chi connectivity index (χ3n) is 4.16. The van der Waals surface area contributed by atoms with Crippen molar-refractivity contribution in [3.8, 4) is 11.4 Å². The zero-order valence-electron chi connectivity index (χ0n) is 13.0. The summed E-state index contributed by atoms with van der Waals surface area (Å²) in [6.07, 6.45) is -2.35. The fourth-order valence-corrected chi connectivity index (χ4v) is 2.88. The molecule has 0 aliphatic carbocycles. The number of benzene rings is 1. The monoisotopic (exact) mass is 341 g/mol. The smallest absolute Gasteiger partial charge is 0.396 e. The number of hydrogen-bond acceptors (Lipinski definition) is 5. The topological polar surface area (TPSA) is 62.4 Å². The lowest BCUT2D eigenvalue weighted by Gasteiger charge is -2.30. The van der Waals surface area contributed by atoms with Crippen LogP contribution in [0.3, 0.4) is 0 Å². The minimum absolute atomic E-state index is 0.164. The average molecular weight is 341 g/mol. The Labute approximate surface area is 137 Å². The van der Waals surface area contributed by atoms with E-state index in [4.69, 9.17) is 4.52 Å². The maximum Gasteiger partial charge on any atom is 0.416 e. The molecule has 0 spiro atoms. The van der Waals surface area contributed by atoms with Crippen LogP contribution < -0.4 is 0 Å². The molecule has 1 N–H and O–H groups in total. The third-order valence-corrected chi connectivity index (χ3v) is 4.16. The van der Waals surface area contributed by atoms with Gasteiger partial charge in [0, 0.05) is 18.7 Å². The van der Waals surface area contributed by atoms with Crippen LogP contribution in [0.1, 0.15) is 24.3 Å². The molecule has 0 amide bonds. The van der Waals surface area contributed by atoms with Crippen LogP contribution in [-0.4, -0.2) is 39.8 Å². The van der Waals surface area contributed by atoms with E-state index >= 15 is 0 Å². The van der Waals surface area contributed by atoms with Gasteiger partial charge >= 0.3 is 6.18 Å². The van der Waals surface area contributed by atoms with Crippen LogP contribution in [-0.2, 0) is 12.7 Å². The van der Waals surface area contributed by atoms with E-state index in [2.05, 4.69) is 15.0 Å². The highest BCUT2D eigenvalue weighted by Crippen LogP contribution is 2.30. The van der Waals surface area contributed by atoms with Gasteiger partial charge in [-0.3, -0.25) is 4.90 Å². The van der Waals surface area contributed by atoms with Crippen LogP contribution in [0.5, 0.6) is 0 Å². The molecule has 1 aromatic heterocycles. The number of piperidine rings is 1. The number of halogens is 3. The fraction of sp³-hybridized carbons (Fsp3) is 0.500. The molecule has 3 rings (SSSR count). The van der Waals surface area contributed by atoms with Gasteiger partial charge in [-0.05, 0) is 37.4 Å². The van der Waals surface area contributed by atoms with Crippen molar-refractivity contribution in [1.29, 1.82) is 0 Å². The van der Waals surface area contributed by atoms with Gasteiger partial charge < -0.3 is 9.63 Å². The first-order chi connectivity index (χ1) is 11.5. The van der Waals surface area contributed by atoms with E-state index in [0.717, 1.165) is 38.1 Å². The predicted octanol–water partition coefficient (Wildman–Crippen LogP) is 2.96. The highest BCUT2D eigenvalue weighted by molar-refractivity contribution is 5.54. The Morgan fingerprint density at radius 3 is 2.67 bits per heavy atom. The number of hydrogen-bond donors (Lipinski definition) is 1. The molecule has 1 aliphatic heterocycles. The van der Waals surface area contributed by atoms with E-state index in [9.17, 15) is 18.3 Å². The van der Waals surface area contributed by atoms with Crippen LogP contribution in [0.15, 0.2) is 28.8 Å². The van der Waals surface area contributed by atoms with Gasteiger partial charge in [0.15, 0.2) is 0 Å². The molecule has 1 aromatic carbocycles. The molecule has 1 saturated heterocycles. The first-order valence-corrected chi connectivity index (χ1v) is 7.79. The van der Waals surface area contributed by atoms with Crippen LogP contribution >= 0.6 is 0 Å². The van der Waals surface area contributed by atoms with E-state index in [-0.39, 0.29) is 18.3 Å². The second-order valence-electron chi connectivity index (χ2n) is 6.01.